The molecule has 196 valence electrons. The molecule has 7 heteroatoms. The van der Waals surface area contributed by atoms with Crippen molar-refractivity contribution in [1.29, 1.82) is 0 Å². The maximum atomic E-state index is 13.7. The number of carbonyl (C=O) groups excluding carboxylic acids is 2. The normalized spacial score (nSPS) is 16.4. The van der Waals surface area contributed by atoms with E-state index in [-0.39, 0.29) is 11.3 Å². The number of ether oxygens (including phenoxy) is 2. The highest BCUT2D eigenvalue weighted by molar-refractivity contribution is 6.51. The Morgan fingerprint density at radius 3 is 2.36 bits per heavy atom. The van der Waals surface area contributed by atoms with Gasteiger partial charge in [-0.3, -0.25) is 14.5 Å². The number of ketones is 1. The SMILES string of the molecule is COc1cccc(C2/C(=C(/O)c3ccc(OCc4ccccc4)c(C)c3)C(=O)C(=O)N2c2ccc(F)cc2)c1. The highest BCUT2D eigenvalue weighted by Crippen LogP contribution is 2.43. The maximum absolute atomic E-state index is 13.7. The van der Waals surface area contributed by atoms with Crippen LogP contribution in [0, 0.1) is 12.7 Å². The lowest BCUT2D eigenvalue weighted by molar-refractivity contribution is -0.132. The third kappa shape index (κ3) is 5.11. The molecule has 1 aliphatic heterocycles. The fraction of sp³-hybridized carbons (Fsp3) is 0.125. The number of rotatable bonds is 7. The summed E-state index contributed by atoms with van der Waals surface area (Å²) in [6.07, 6.45) is 0. The number of nitrogens with zero attached hydrogens (tertiary/aromatic N) is 1. The largest absolute Gasteiger partial charge is 0.507 e. The second-order valence-electron chi connectivity index (χ2n) is 9.18. The van der Waals surface area contributed by atoms with Crippen LogP contribution in [0.2, 0.25) is 0 Å². The summed E-state index contributed by atoms with van der Waals surface area (Å²) < 4.78 is 25.0. The predicted molar refractivity (Wildman–Crippen MR) is 146 cm³/mol. The average Bonchev–Trinajstić information content (AvgIpc) is 3.23. The van der Waals surface area contributed by atoms with Gasteiger partial charge in [-0.1, -0.05) is 42.5 Å². The fourth-order valence-electron chi connectivity index (χ4n) is 4.68. The molecule has 1 unspecified atom stereocenters. The number of aliphatic hydroxyl groups is 1. The molecular formula is C32H26FNO5. The van der Waals surface area contributed by atoms with Crippen molar-refractivity contribution in [1.82, 2.24) is 0 Å². The first-order chi connectivity index (χ1) is 18.9. The smallest absolute Gasteiger partial charge is 0.300 e. The molecular weight excluding hydrogens is 497 g/mol. The van der Waals surface area contributed by atoms with Gasteiger partial charge in [0, 0.05) is 11.3 Å². The van der Waals surface area contributed by atoms with E-state index in [0.717, 1.165) is 11.1 Å². The third-order valence-electron chi connectivity index (χ3n) is 6.64. The number of aryl methyl sites for hydroxylation is 1. The summed E-state index contributed by atoms with van der Waals surface area (Å²) in [7, 11) is 1.51. The molecule has 0 bridgehead atoms. The van der Waals surface area contributed by atoms with Crippen molar-refractivity contribution < 1.29 is 28.6 Å². The molecule has 39 heavy (non-hydrogen) atoms. The van der Waals surface area contributed by atoms with Crippen LogP contribution in [0.5, 0.6) is 11.5 Å². The summed E-state index contributed by atoms with van der Waals surface area (Å²) in [6, 6.07) is 26.1. The molecule has 6 nitrogen and oxygen atoms in total. The summed E-state index contributed by atoms with van der Waals surface area (Å²) in [4.78, 5) is 28.0. The van der Waals surface area contributed by atoms with Crippen molar-refractivity contribution in [3.63, 3.8) is 0 Å². The highest BCUT2D eigenvalue weighted by atomic mass is 19.1. The molecule has 1 atom stereocenters. The van der Waals surface area contributed by atoms with Crippen LogP contribution < -0.4 is 14.4 Å². The minimum absolute atomic E-state index is 0.0741. The Morgan fingerprint density at radius 2 is 1.67 bits per heavy atom. The van der Waals surface area contributed by atoms with E-state index in [9.17, 15) is 19.1 Å². The van der Waals surface area contributed by atoms with Crippen LogP contribution in [0.25, 0.3) is 5.76 Å². The van der Waals surface area contributed by atoms with Crippen LogP contribution in [0.15, 0.2) is 103 Å². The highest BCUT2D eigenvalue weighted by Gasteiger charge is 2.47. The molecule has 1 saturated heterocycles. The Hall–Kier alpha value is -4.91. The van der Waals surface area contributed by atoms with Gasteiger partial charge in [0.1, 0.15) is 29.7 Å². The Kier molecular flexibility index (Phi) is 7.14. The summed E-state index contributed by atoms with van der Waals surface area (Å²) in [5.41, 5.74) is 2.94. The number of benzene rings is 4. The van der Waals surface area contributed by atoms with Crippen molar-refractivity contribution in [2.75, 3.05) is 12.0 Å². The van der Waals surface area contributed by atoms with Crippen LogP contribution in [0.1, 0.15) is 28.3 Å². The fourth-order valence-corrected chi connectivity index (χ4v) is 4.68. The number of amides is 1. The Labute approximate surface area is 225 Å². The number of methoxy groups -OCH3 is 1. The molecule has 1 fully saturated rings. The Bertz CT molecular complexity index is 1560. The lowest BCUT2D eigenvalue weighted by Gasteiger charge is -2.25. The van der Waals surface area contributed by atoms with Crippen molar-refractivity contribution in [3.8, 4) is 11.5 Å². The third-order valence-corrected chi connectivity index (χ3v) is 6.64. The van der Waals surface area contributed by atoms with E-state index < -0.39 is 23.5 Å². The maximum Gasteiger partial charge on any atom is 0.300 e. The minimum atomic E-state index is -0.958. The lowest BCUT2D eigenvalue weighted by atomic mass is 9.94. The summed E-state index contributed by atoms with van der Waals surface area (Å²) >= 11 is 0. The quantitative estimate of drug-likeness (QED) is 0.174. The predicted octanol–water partition coefficient (Wildman–Crippen LogP) is 6.35. The van der Waals surface area contributed by atoms with Gasteiger partial charge < -0.3 is 14.6 Å². The number of aliphatic hydroxyl groups excluding tert-OH is 1. The van der Waals surface area contributed by atoms with E-state index in [1.165, 1.54) is 36.3 Å². The molecule has 4 aromatic carbocycles. The number of Topliss-reactive ketones (excluding diaryl/α,β-unsaturated/α-hetero) is 1. The monoisotopic (exact) mass is 523 g/mol. The molecule has 1 heterocycles. The number of anilines is 1. The van der Waals surface area contributed by atoms with Gasteiger partial charge in [-0.05, 0) is 78.2 Å². The number of halogens is 1. The van der Waals surface area contributed by atoms with Crippen LogP contribution in [-0.2, 0) is 16.2 Å². The molecule has 0 aliphatic carbocycles. The second-order valence-corrected chi connectivity index (χ2v) is 9.18. The first kappa shape index (κ1) is 25.7. The van der Waals surface area contributed by atoms with Gasteiger partial charge in [0.2, 0.25) is 0 Å². The molecule has 0 radical (unpaired) electrons. The van der Waals surface area contributed by atoms with Gasteiger partial charge in [0.15, 0.2) is 0 Å². The summed E-state index contributed by atoms with van der Waals surface area (Å²) in [6.45, 7) is 2.22. The summed E-state index contributed by atoms with van der Waals surface area (Å²) in [5.74, 6) is -1.30. The molecule has 0 spiro atoms. The topological polar surface area (TPSA) is 76.1 Å². The molecule has 0 saturated carbocycles. The molecule has 5 rings (SSSR count). The van der Waals surface area contributed by atoms with E-state index in [4.69, 9.17) is 9.47 Å². The first-order valence-electron chi connectivity index (χ1n) is 12.4. The van der Waals surface area contributed by atoms with Crippen molar-refractivity contribution >= 4 is 23.1 Å². The van der Waals surface area contributed by atoms with Gasteiger partial charge >= 0.3 is 0 Å². The molecule has 4 aromatic rings. The van der Waals surface area contributed by atoms with Crippen LogP contribution >= 0.6 is 0 Å². The zero-order chi connectivity index (χ0) is 27.5. The van der Waals surface area contributed by atoms with E-state index >= 15 is 0 Å². The second kappa shape index (κ2) is 10.8. The van der Waals surface area contributed by atoms with E-state index in [1.54, 1.807) is 42.5 Å². The first-order valence-corrected chi connectivity index (χ1v) is 12.4. The van der Waals surface area contributed by atoms with Crippen molar-refractivity contribution in [2.24, 2.45) is 0 Å². The van der Waals surface area contributed by atoms with Crippen LogP contribution in [-0.4, -0.2) is 23.9 Å². The van der Waals surface area contributed by atoms with Crippen LogP contribution in [0.4, 0.5) is 10.1 Å². The van der Waals surface area contributed by atoms with E-state index in [2.05, 4.69) is 0 Å². The number of hydrogen-bond donors (Lipinski definition) is 1. The molecule has 1 aliphatic rings. The van der Waals surface area contributed by atoms with E-state index in [1.807, 2.05) is 37.3 Å². The van der Waals surface area contributed by atoms with Gasteiger partial charge in [0.25, 0.3) is 11.7 Å². The molecule has 1 N–H and O–H groups in total. The summed E-state index contributed by atoms with van der Waals surface area (Å²) in [5, 5.41) is 11.4. The zero-order valence-electron chi connectivity index (χ0n) is 21.4. The van der Waals surface area contributed by atoms with Crippen molar-refractivity contribution in [3.05, 3.63) is 131 Å². The Balaban J connectivity index is 1.57. The average molecular weight is 524 g/mol. The van der Waals surface area contributed by atoms with Gasteiger partial charge in [-0.15, -0.1) is 0 Å². The zero-order valence-corrected chi connectivity index (χ0v) is 21.4. The standard InChI is InChI=1S/C32H26FNO5/c1-20-17-23(11-16-27(20)39-19-21-7-4-3-5-8-21)30(35)28-29(22-9-6-10-26(18-22)38-2)34(32(37)31(28)36)25-14-12-24(33)13-15-25/h3-18,29,35H,19H2,1-2H3/b30-28-. The number of carbonyl (C=O) groups is 2. The Morgan fingerprint density at radius 1 is 0.923 bits per heavy atom. The minimum Gasteiger partial charge on any atom is -0.507 e. The van der Waals surface area contributed by atoms with Crippen LogP contribution in [0.3, 0.4) is 0 Å². The van der Waals surface area contributed by atoms with Gasteiger partial charge in [-0.25, -0.2) is 4.39 Å². The molecule has 0 aromatic heterocycles. The van der Waals surface area contributed by atoms with E-state index in [0.29, 0.717) is 34.9 Å². The lowest BCUT2D eigenvalue weighted by Crippen LogP contribution is -2.29. The molecule has 1 amide bonds. The van der Waals surface area contributed by atoms with Gasteiger partial charge in [0.05, 0.1) is 18.7 Å². The van der Waals surface area contributed by atoms with Gasteiger partial charge in [-0.2, -0.15) is 0 Å². The van der Waals surface area contributed by atoms with Crippen molar-refractivity contribution in [2.45, 2.75) is 19.6 Å². The number of hydrogen-bond acceptors (Lipinski definition) is 5.